The van der Waals surface area contributed by atoms with E-state index in [1.165, 1.54) is 11.1 Å². The Morgan fingerprint density at radius 2 is 1.66 bits per heavy atom. The van der Waals surface area contributed by atoms with E-state index >= 15 is 0 Å². The fourth-order valence-corrected chi connectivity index (χ4v) is 5.09. The lowest BCUT2D eigenvalue weighted by Gasteiger charge is -2.33. The molecule has 0 atom stereocenters. The lowest BCUT2D eigenvalue weighted by atomic mass is 9.77. The van der Waals surface area contributed by atoms with Crippen molar-refractivity contribution in [3.05, 3.63) is 83.1 Å². The maximum Gasteiger partial charge on any atom is 0.237 e. The number of fused-ring (bicyclic) bond motifs is 1. The third kappa shape index (κ3) is 3.14. The molecule has 29 heavy (non-hydrogen) atoms. The molecule has 1 saturated carbocycles. The molecular formula is C25H23ClN2O. The third-order valence-corrected chi connectivity index (χ3v) is 6.75. The Kier molecular flexibility index (Phi) is 4.63. The first-order chi connectivity index (χ1) is 14.2. The molecule has 2 heterocycles. The van der Waals surface area contributed by atoms with Gasteiger partial charge in [0.2, 0.25) is 5.91 Å². The second-order valence-corrected chi connectivity index (χ2v) is 8.52. The number of amides is 1. The third-order valence-electron chi connectivity index (χ3n) is 6.50. The molecule has 3 aromatic rings. The molecule has 1 amide bonds. The second-order valence-electron chi connectivity index (χ2n) is 8.08. The van der Waals surface area contributed by atoms with E-state index in [0.29, 0.717) is 5.02 Å². The molecule has 5 rings (SSSR count). The van der Waals surface area contributed by atoms with E-state index in [1.807, 2.05) is 53.7 Å². The molecule has 0 saturated heterocycles. The number of carbonyl (C=O) groups is 1. The monoisotopic (exact) mass is 402 g/mol. The number of hydrogen-bond acceptors (Lipinski definition) is 2. The summed E-state index contributed by atoms with van der Waals surface area (Å²) in [4.78, 5) is 20.0. The maximum atomic E-state index is 13.9. The normalized spacial score (nSPS) is 17.3. The van der Waals surface area contributed by atoms with Crippen molar-refractivity contribution in [2.45, 2.75) is 37.5 Å². The lowest BCUT2D eigenvalue weighted by molar-refractivity contribution is -0.123. The highest BCUT2D eigenvalue weighted by Gasteiger charge is 2.46. The summed E-state index contributed by atoms with van der Waals surface area (Å²) in [5, 5.41) is 0.713. The smallest absolute Gasteiger partial charge is 0.237 e. The Bertz CT molecular complexity index is 1040. The van der Waals surface area contributed by atoms with E-state index in [-0.39, 0.29) is 5.91 Å². The summed E-state index contributed by atoms with van der Waals surface area (Å²) in [5.74, 6) is 0.243. The number of nitrogens with zero attached hydrogens (tertiary/aromatic N) is 2. The highest BCUT2D eigenvalue weighted by atomic mass is 35.5. The van der Waals surface area contributed by atoms with Crippen LogP contribution in [0.2, 0.25) is 5.02 Å². The summed E-state index contributed by atoms with van der Waals surface area (Å²) < 4.78 is 0. The van der Waals surface area contributed by atoms with Crippen molar-refractivity contribution in [1.82, 2.24) is 4.98 Å². The molecule has 4 heteroatoms. The molecule has 3 nitrogen and oxygen atoms in total. The molecule has 1 aromatic heterocycles. The summed E-state index contributed by atoms with van der Waals surface area (Å²) in [6.07, 6.45) is 8.54. The largest absolute Gasteiger partial charge is 0.311 e. The predicted octanol–water partition coefficient (Wildman–Crippen LogP) is 5.80. The Morgan fingerprint density at radius 1 is 0.931 bits per heavy atom. The van der Waals surface area contributed by atoms with Gasteiger partial charge in [-0.2, -0.15) is 0 Å². The van der Waals surface area contributed by atoms with Crippen LogP contribution in [-0.4, -0.2) is 17.4 Å². The van der Waals surface area contributed by atoms with Gasteiger partial charge in [-0.3, -0.25) is 9.78 Å². The summed E-state index contributed by atoms with van der Waals surface area (Å²) >= 11 is 6.10. The van der Waals surface area contributed by atoms with Gasteiger partial charge < -0.3 is 4.90 Å². The molecule has 1 fully saturated rings. The number of anilines is 1. The van der Waals surface area contributed by atoms with Gasteiger partial charge in [0.1, 0.15) is 0 Å². The summed E-state index contributed by atoms with van der Waals surface area (Å²) in [6.45, 7) is 0.753. The molecule has 0 radical (unpaired) electrons. The minimum Gasteiger partial charge on any atom is -0.311 e. The number of carbonyl (C=O) groups excluding carboxylic acids is 1. The Labute approximate surface area is 176 Å². The summed E-state index contributed by atoms with van der Waals surface area (Å²) in [5.41, 5.74) is 5.32. The zero-order valence-corrected chi connectivity index (χ0v) is 17.0. The SMILES string of the molecule is O=C(N1CCc2cc(-c3ccncc3)ccc21)C1(c2ccc(Cl)cc2)CCCC1. The van der Waals surface area contributed by atoms with Gasteiger partial charge in [0.25, 0.3) is 0 Å². The van der Waals surface area contributed by atoms with Gasteiger partial charge in [-0.1, -0.05) is 42.6 Å². The van der Waals surface area contributed by atoms with Gasteiger partial charge in [-0.15, -0.1) is 0 Å². The molecule has 0 unspecified atom stereocenters. The average Bonchev–Trinajstić information content (AvgIpc) is 3.42. The molecule has 0 bridgehead atoms. The fourth-order valence-electron chi connectivity index (χ4n) is 4.97. The van der Waals surface area contributed by atoms with Crippen LogP contribution >= 0.6 is 11.6 Å². The molecule has 2 aromatic carbocycles. The zero-order valence-electron chi connectivity index (χ0n) is 16.3. The fraction of sp³-hybridized carbons (Fsp3) is 0.280. The molecule has 1 aliphatic heterocycles. The summed E-state index contributed by atoms with van der Waals surface area (Å²) in [6, 6.07) is 18.4. The lowest BCUT2D eigenvalue weighted by Crippen LogP contribution is -2.45. The molecule has 0 N–H and O–H groups in total. The van der Waals surface area contributed by atoms with Crippen LogP contribution in [0.4, 0.5) is 5.69 Å². The van der Waals surface area contributed by atoms with Crippen LogP contribution in [-0.2, 0) is 16.6 Å². The minimum absolute atomic E-state index is 0.243. The standard InChI is InChI=1S/C25H23ClN2O/c26-22-6-4-21(5-7-22)25(12-1-2-13-25)24(29)28-16-11-20-17-19(3-8-23(20)28)18-9-14-27-15-10-18/h3-10,14-15,17H,1-2,11-13,16H2. The van der Waals surface area contributed by atoms with Crippen LogP contribution in [0.3, 0.4) is 0 Å². The molecule has 1 aliphatic carbocycles. The average molecular weight is 403 g/mol. The number of pyridine rings is 1. The highest BCUT2D eigenvalue weighted by molar-refractivity contribution is 6.30. The summed E-state index contributed by atoms with van der Waals surface area (Å²) in [7, 11) is 0. The highest BCUT2D eigenvalue weighted by Crippen LogP contribution is 2.45. The van der Waals surface area contributed by atoms with Crippen molar-refractivity contribution >= 4 is 23.2 Å². The molecule has 2 aliphatic rings. The van der Waals surface area contributed by atoms with Gasteiger partial charge in [0.15, 0.2) is 0 Å². The van der Waals surface area contributed by atoms with Gasteiger partial charge >= 0.3 is 0 Å². The van der Waals surface area contributed by atoms with Crippen LogP contribution in [0.1, 0.15) is 36.8 Å². The Morgan fingerprint density at radius 3 is 2.38 bits per heavy atom. The Hall–Kier alpha value is -2.65. The number of halogens is 1. The van der Waals surface area contributed by atoms with E-state index in [2.05, 4.69) is 23.2 Å². The van der Waals surface area contributed by atoms with Crippen molar-refractivity contribution in [2.24, 2.45) is 0 Å². The second kappa shape index (κ2) is 7.31. The van der Waals surface area contributed by atoms with Crippen LogP contribution < -0.4 is 4.90 Å². The minimum atomic E-state index is -0.421. The first kappa shape index (κ1) is 18.4. The first-order valence-electron chi connectivity index (χ1n) is 10.3. The predicted molar refractivity (Wildman–Crippen MR) is 117 cm³/mol. The van der Waals surface area contributed by atoms with E-state index in [9.17, 15) is 4.79 Å². The van der Waals surface area contributed by atoms with E-state index in [1.54, 1.807) is 0 Å². The molecule has 0 spiro atoms. The van der Waals surface area contributed by atoms with Gasteiger partial charge in [-0.05, 0) is 77.9 Å². The van der Waals surface area contributed by atoms with Crippen molar-refractivity contribution in [2.75, 3.05) is 11.4 Å². The number of hydrogen-bond donors (Lipinski definition) is 0. The van der Waals surface area contributed by atoms with Crippen molar-refractivity contribution in [1.29, 1.82) is 0 Å². The van der Waals surface area contributed by atoms with Gasteiger partial charge in [0.05, 0.1) is 5.41 Å². The van der Waals surface area contributed by atoms with Crippen molar-refractivity contribution in [3.8, 4) is 11.1 Å². The number of aromatic nitrogens is 1. The first-order valence-corrected chi connectivity index (χ1v) is 10.7. The zero-order chi connectivity index (χ0) is 19.8. The topological polar surface area (TPSA) is 33.2 Å². The number of benzene rings is 2. The van der Waals surface area contributed by atoms with Crippen LogP contribution in [0.5, 0.6) is 0 Å². The van der Waals surface area contributed by atoms with Gasteiger partial charge in [-0.25, -0.2) is 0 Å². The Balaban J connectivity index is 1.49. The maximum absolute atomic E-state index is 13.9. The van der Waals surface area contributed by atoms with Crippen LogP contribution in [0, 0.1) is 0 Å². The van der Waals surface area contributed by atoms with Crippen molar-refractivity contribution < 1.29 is 4.79 Å². The van der Waals surface area contributed by atoms with Crippen LogP contribution in [0.15, 0.2) is 67.0 Å². The van der Waals surface area contributed by atoms with E-state index < -0.39 is 5.41 Å². The van der Waals surface area contributed by atoms with Crippen molar-refractivity contribution in [3.63, 3.8) is 0 Å². The van der Waals surface area contributed by atoms with Gasteiger partial charge in [0, 0.05) is 29.6 Å². The van der Waals surface area contributed by atoms with Crippen LogP contribution in [0.25, 0.3) is 11.1 Å². The van der Waals surface area contributed by atoms with E-state index in [0.717, 1.165) is 55.5 Å². The van der Waals surface area contributed by atoms with E-state index in [4.69, 9.17) is 11.6 Å². The molecular weight excluding hydrogens is 380 g/mol. The molecule has 146 valence electrons. The number of rotatable bonds is 3. The quantitative estimate of drug-likeness (QED) is 0.554.